The average molecular weight is 496 g/mol. The van der Waals surface area contributed by atoms with Gasteiger partial charge in [0.2, 0.25) is 5.91 Å². The van der Waals surface area contributed by atoms with Crippen LogP contribution in [0.2, 0.25) is 0 Å². The Labute approximate surface area is 193 Å². The molecule has 1 aliphatic carbocycles. The van der Waals surface area contributed by atoms with Crippen molar-refractivity contribution >= 4 is 33.5 Å². The maximum absolute atomic E-state index is 12.7. The van der Waals surface area contributed by atoms with E-state index in [2.05, 4.69) is 22.9 Å². The summed E-state index contributed by atoms with van der Waals surface area (Å²) in [5, 5.41) is 19.7. The maximum atomic E-state index is 12.7. The quantitative estimate of drug-likeness (QED) is 0.320. The van der Waals surface area contributed by atoms with Gasteiger partial charge in [0, 0.05) is 35.4 Å². The zero-order valence-electron chi connectivity index (χ0n) is 18.3. The molecule has 1 saturated carbocycles. The highest BCUT2D eigenvalue weighted by molar-refractivity contribution is 9.09. The second-order valence-electron chi connectivity index (χ2n) is 8.94. The minimum absolute atomic E-state index is 0.00656. The van der Waals surface area contributed by atoms with Crippen LogP contribution in [-0.4, -0.2) is 46.2 Å². The maximum Gasteiger partial charge on any atom is 0.303 e. The van der Waals surface area contributed by atoms with E-state index in [1.807, 2.05) is 24.3 Å². The number of aliphatic hydroxyl groups excluding tert-OH is 1. The lowest BCUT2D eigenvalue weighted by atomic mass is 9.61. The number of carboxylic acid groups (broad SMARTS) is 1. The minimum atomic E-state index is -0.792. The number of aliphatic carboxylic acids is 1. The molecular weight excluding hydrogens is 462 g/mol. The van der Waals surface area contributed by atoms with Crippen molar-refractivity contribution in [1.29, 1.82) is 0 Å². The lowest BCUT2D eigenvalue weighted by molar-refractivity contribution is -0.137. The van der Waals surface area contributed by atoms with Gasteiger partial charge < -0.3 is 19.8 Å². The van der Waals surface area contributed by atoms with Gasteiger partial charge in [-0.1, -0.05) is 47.8 Å². The topological polar surface area (TPSA) is 87.1 Å². The van der Waals surface area contributed by atoms with E-state index < -0.39 is 12.1 Å². The number of benzene rings is 1. The van der Waals surface area contributed by atoms with Crippen molar-refractivity contribution in [2.45, 2.75) is 81.7 Å². The summed E-state index contributed by atoms with van der Waals surface area (Å²) >= 11 is 3.62. The van der Waals surface area contributed by atoms with Gasteiger partial charge in [0.25, 0.3) is 0 Å². The fraction of sp³-hybridized carbons (Fsp3) is 0.667. The van der Waals surface area contributed by atoms with Crippen molar-refractivity contribution in [2.24, 2.45) is 5.41 Å². The number of hydrogen-bond donors (Lipinski definition) is 2. The van der Waals surface area contributed by atoms with E-state index in [0.29, 0.717) is 32.5 Å². The lowest BCUT2D eigenvalue weighted by Gasteiger charge is -2.46. The number of halogens is 1. The van der Waals surface area contributed by atoms with Gasteiger partial charge in [-0.3, -0.25) is 9.59 Å². The fourth-order valence-electron chi connectivity index (χ4n) is 4.91. The number of amides is 1. The molecule has 1 saturated heterocycles. The van der Waals surface area contributed by atoms with Crippen molar-refractivity contribution < 1.29 is 24.5 Å². The molecule has 2 aliphatic rings. The number of carboxylic acids is 1. The number of nitrogens with zero attached hydrogens (tertiary/aromatic N) is 1. The molecule has 2 N–H and O–H groups in total. The van der Waals surface area contributed by atoms with Crippen LogP contribution in [0.5, 0.6) is 0 Å². The van der Waals surface area contributed by atoms with Gasteiger partial charge >= 0.3 is 5.97 Å². The normalized spacial score (nSPS) is 23.6. The smallest absolute Gasteiger partial charge is 0.303 e. The van der Waals surface area contributed by atoms with E-state index in [4.69, 9.17) is 9.84 Å². The summed E-state index contributed by atoms with van der Waals surface area (Å²) in [6.07, 6.45) is 6.82. The van der Waals surface area contributed by atoms with E-state index in [1.165, 1.54) is 6.42 Å². The molecule has 1 amide bonds. The molecule has 0 radical (unpaired) electrons. The molecule has 1 aliphatic heterocycles. The predicted octanol–water partition coefficient (Wildman–Crippen LogP) is 4.83. The molecule has 172 valence electrons. The van der Waals surface area contributed by atoms with Crippen LogP contribution in [0.4, 0.5) is 5.69 Å². The van der Waals surface area contributed by atoms with Crippen LogP contribution in [0.25, 0.3) is 0 Å². The Hall–Kier alpha value is -1.44. The van der Waals surface area contributed by atoms with E-state index >= 15 is 0 Å². The standard InChI is InChI=1S/C24H34BrNO5/c1-2-11-24(12-5-13-24)23(30)17-7-9-18(10-8-17)26-20(19(25)15-21(26)27)16-31-14-4-3-6-22(28)29/h7-10,19-20,23,30H,2-6,11-16H2,1H3,(H,28,29). The first-order valence-electron chi connectivity index (χ1n) is 11.4. The van der Waals surface area contributed by atoms with E-state index in [-0.39, 0.29) is 28.6 Å². The third-order valence-electron chi connectivity index (χ3n) is 6.77. The summed E-state index contributed by atoms with van der Waals surface area (Å²) < 4.78 is 5.77. The summed E-state index contributed by atoms with van der Waals surface area (Å²) in [4.78, 5) is 25.0. The molecular formula is C24H34BrNO5. The largest absolute Gasteiger partial charge is 0.481 e. The highest BCUT2D eigenvalue weighted by atomic mass is 79.9. The van der Waals surface area contributed by atoms with Crippen LogP contribution in [0.3, 0.4) is 0 Å². The molecule has 3 rings (SSSR count). The van der Waals surface area contributed by atoms with Gasteiger partial charge in [0.1, 0.15) is 0 Å². The number of carbonyl (C=O) groups is 2. The van der Waals surface area contributed by atoms with Crippen molar-refractivity contribution in [3.05, 3.63) is 29.8 Å². The molecule has 1 aromatic rings. The number of unbranched alkanes of at least 4 members (excludes halogenated alkanes) is 1. The van der Waals surface area contributed by atoms with E-state index in [9.17, 15) is 14.7 Å². The summed E-state index contributed by atoms with van der Waals surface area (Å²) in [6.45, 7) is 3.05. The Kier molecular flexibility index (Phi) is 8.53. The third kappa shape index (κ3) is 5.68. The number of rotatable bonds is 12. The van der Waals surface area contributed by atoms with Gasteiger partial charge in [-0.25, -0.2) is 0 Å². The minimum Gasteiger partial charge on any atom is -0.481 e. The SMILES string of the molecule is CCCC1(C(O)c2ccc(N3C(=O)CC(Br)C3COCCCCC(=O)O)cc2)CCC1. The first-order valence-corrected chi connectivity index (χ1v) is 12.3. The monoisotopic (exact) mass is 495 g/mol. The number of carbonyl (C=O) groups excluding carboxylic acids is 1. The lowest BCUT2D eigenvalue weighted by Crippen LogP contribution is -2.39. The number of ether oxygens (including phenoxy) is 1. The molecule has 7 heteroatoms. The van der Waals surface area contributed by atoms with Gasteiger partial charge in [-0.05, 0) is 49.8 Å². The van der Waals surface area contributed by atoms with E-state index in [0.717, 1.165) is 36.9 Å². The summed E-state index contributed by atoms with van der Waals surface area (Å²) in [5.41, 5.74) is 1.75. The number of alkyl halides is 1. The molecule has 3 atom stereocenters. The van der Waals surface area contributed by atoms with Crippen LogP contribution < -0.4 is 4.90 Å². The number of anilines is 1. The molecule has 0 spiro atoms. The highest BCUT2D eigenvalue weighted by Crippen LogP contribution is 2.53. The van der Waals surface area contributed by atoms with Gasteiger partial charge in [0.05, 0.1) is 18.8 Å². The molecule has 1 aromatic carbocycles. The molecule has 3 unspecified atom stereocenters. The average Bonchev–Trinajstić information content (AvgIpc) is 2.99. The van der Waals surface area contributed by atoms with E-state index in [1.54, 1.807) is 4.90 Å². The van der Waals surface area contributed by atoms with Crippen LogP contribution >= 0.6 is 15.9 Å². The second kappa shape index (κ2) is 10.9. The molecule has 1 heterocycles. The number of hydrogen-bond acceptors (Lipinski definition) is 4. The molecule has 2 fully saturated rings. The van der Waals surface area contributed by atoms with Crippen molar-refractivity contribution in [1.82, 2.24) is 0 Å². The fourth-order valence-corrected chi connectivity index (χ4v) is 5.57. The van der Waals surface area contributed by atoms with Gasteiger partial charge in [-0.2, -0.15) is 0 Å². The van der Waals surface area contributed by atoms with Crippen LogP contribution in [0.15, 0.2) is 24.3 Å². The Balaban J connectivity index is 1.61. The molecule has 0 aromatic heterocycles. The molecule has 6 nitrogen and oxygen atoms in total. The van der Waals surface area contributed by atoms with Gasteiger partial charge in [0.15, 0.2) is 0 Å². The van der Waals surface area contributed by atoms with Crippen LogP contribution in [-0.2, 0) is 14.3 Å². The Morgan fingerprint density at radius 2 is 2.00 bits per heavy atom. The van der Waals surface area contributed by atoms with Crippen molar-refractivity contribution in [3.8, 4) is 0 Å². The first kappa shape index (κ1) is 24.2. The number of aliphatic hydroxyl groups is 1. The Morgan fingerprint density at radius 3 is 2.58 bits per heavy atom. The highest BCUT2D eigenvalue weighted by Gasteiger charge is 2.43. The summed E-state index contributed by atoms with van der Waals surface area (Å²) in [5.74, 6) is -0.740. The van der Waals surface area contributed by atoms with Crippen LogP contribution in [0, 0.1) is 5.41 Å². The van der Waals surface area contributed by atoms with Crippen molar-refractivity contribution in [3.63, 3.8) is 0 Å². The first-order chi connectivity index (χ1) is 14.9. The Morgan fingerprint density at radius 1 is 1.29 bits per heavy atom. The Bertz CT molecular complexity index is 749. The molecule has 31 heavy (non-hydrogen) atoms. The van der Waals surface area contributed by atoms with Gasteiger partial charge in [-0.15, -0.1) is 0 Å². The summed E-state index contributed by atoms with van der Waals surface area (Å²) in [6, 6.07) is 7.66. The zero-order valence-corrected chi connectivity index (χ0v) is 19.8. The summed E-state index contributed by atoms with van der Waals surface area (Å²) in [7, 11) is 0. The van der Waals surface area contributed by atoms with Crippen LogP contribution in [0.1, 0.15) is 76.4 Å². The zero-order chi connectivity index (χ0) is 22.4. The molecule has 0 bridgehead atoms. The van der Waals surface area contributed by atoms with Crippen molar-refractivity contribution in [2.75, 3.05) is 18.1 Å². The third-order valence-corrected chi connectivity index (χ3v) is 7.70. The predicted molar refractivity (Wildman–Crippen MR) is 124 cm³/mol. The second-order valence-corrected chi connectivity index (χ2v) is 10.1.